The number of aliphatic hydroxyl groups excluding tert-OH is 3. The quantitative estimate of drug-likeness (QED) is 0.219. The zero-order chi connectivity index (χ0) is 27.3. The van der Waals surface area contributed by atoms with Gasteiger partial charge in [0.25, 0.3) is 0 Å². The Morgan fingerprint density at radius 3 is 2.25 bits per heavy atom. The van der Waals surface area contributed by atoms with Crippen LogP contribution < -0.4 is 4.74 Å². The number of carbonyl (C=O) groups excluding carboxylic acids is 1. The number of ether oxygens (including phenoxy) is 3. The molecule has 0 saturated heterocycles. The van der Waals surface area contributed by atoms with Crippen molar-refractivity contribution in [1.29, 1.82) is 0 Å². The monoisotopic (exact) mass is 524 g/mol. The van der Waals surface area contributed by atoms with Gasteiger partial charge in [-0.1, -0.05) is 11.6 Å². The van der Waals surface area contributed by atoms with Gasteiger partial charge in [0.05, 0.1) is 20.3 Å². The van der Waals surface area contributed by atoms with Crippen molar-refractivity contribution in [1.82, 2.24) is 9.55 Å². The predicted molar refractivity (Wildman–Crippen MR) is 140 cm³/mol. The lowest BCUT2D eigenvalue weighted by molar-refractivity contribution is -0.123. The molecule has 1 unspecified atom stereocenters. The SMILES string of the molecule is CCOC(C)OCC.COc1ccc2c(c1)c(C(O)c1c(C(C)=O)ccnc1Cl)cn2C.OCCO. The van der Waals surface area contributed by atoms with E-state index in [1.54, 1.807) is 13.2 Å². The van der Waals surface area contributed by atoms with Crippen LogP contribution in [0, 0.1) is 0 Å². The Balaban J connectivity index is 0.000000452. The zero-order valence-electron chi connectivity index (χ0n) is 21.7. The summed E-state index contributed by atoms with van der Waals surface area (Å²) in [4.78, 5) is 15.9. The van der Waals surface area contributed by atoms with E-state index >= 15 is 0 Å². The second-order valence-corrected chi connectivity index (χ2v) is 7.88. The topological polar surface area (TPSA) is 123 Å². The third-order valence-electron chi connectivity index (χ3n) is 5.02. The van der Waals surface area contributed by atoms with E-state index in [1.807, 2.05) is 56.8 Å². The number of rotatable bonds is 9. The van der Waals surface area contributed by atoms with Crippen molar-refractivity contribution >= 4 is 28.3 Å². The normalized spacial score (nSPS) is 11.4. The number of pyridine rings is 1. The summed E-state index contributed by atoms with van der Waals surface area (Å²) in [5.41, 5.74) is 2.27. The highest BCUT2D eigenvalue weighted by Crippen LogP contribution is 2.36. The Morgan fingerprint density at radius 1 is 1.14 bits per heavy atom. The number of ketones is 1. The number of halogens is 1. The Morgan fingerprint density at radius 2 is 1.75 bits per heavy atom. The molecule has 10 heteroatoms. The Labute approximate surface area is 217 Å². The van der Waals surface area contributed by atoms with Crippen LogP contribution in [0.2, 0.25) is 5.15 Å². The van der Waals surface area contributed by atoms with E-state index in [0.29, 0.717) is 22.4 Å². The van der Waals surface area contributed by atoms with E-state index in [0.717, 1.165) is 24.1 Å². The minimum Gasteiger partial charge on any atom is -0.497 e. The van der Waals surface area contributed by atoms with E-state index in [4.69, 9.17) is 36.0 Å². The lowest BCUT2D eigenvalue weighted by atomic mass is 9.96. The number of nitrogens with zero attached hydrogens (tertiary/aromatic N) is 2. The Bertz CT molecular complexity index is 1080. The highest BCUT2D eigenvalue weighted by Gasteiger charge is 2.24. The molecule has 3 aromatic rings. The van der Waals surface area contributed by atoms with Crippen molar-refractivity contribution in [2.45, 2.75) is 40.1 Å². The van der Waals surface area contributed by atoms with E-state index in [2.05, 4.69) is 4.98 Å². The minimum atomic E-state index is -1.07. The van der Waals surface area contributed by atoms with Crippen molar-refractivity contribution < 1.29 is 34.3 Å². The van der Waals surface area contributed by atoms with Crippen LogP contribution >= 0.6 is 11.6 Å². The minimum absolute atomic E-state index is 0.0370. The summed E-state index contributed by atoms with van der Waals surface area (Å²) in [6, 6.07) is 7.20. The predicted octanol–water partition coefficient (Wildman–Crippen LogP) is 3.90. The highest BCUT2D eigenvalue weighted by atomic mass is 35.5. The second kappa shape index (κ2) is 16.3. The number of hydrogen-bond acceptors (Lipinski definition) is 8. The number of aryl methyl sites for hydroxylation is 1. The fourth-order valence-corrected chi connectivity index (χ4v) is 3.70. The molecule has 0 spiro atoms. The fourth-order valence-electron chi connectivity index (χ4n) is 3.43. The summed E-state index contributed by atoms with van der Waals surface area (Å²) in [7, 11) is 3.48. The molecular weight excluding hydrogens is 488 g/mol. The average Bonchev–Trinajstić information content (AvgIpc) is 3.20. The largest absolute Gasteiger partial charge is 0.497 e. The number of aliphatic hydroxyl groups is 3. The van der Waals surface area contributed by atoms with Gasteiger partial charge in [-0.2, -0.15) is 0 Å². The zero-order valence-corrected chi connectivity index (χ0v) is 22.5. The maximum Gasteiger partial charge on any atom is 0.160 e. The van der Waals surface area contributed by atoms with Gasteiger partial charge >= 0.3 is 0 Å². The molecule has 1 aromatic carbocycles. The molecule has 3 N–H and O–H groups in total. The lowest BCUT2D eigenvalue weighted by Crippen LogP contribution is -2.11. The molecule has 0 amide bonds. The first kappa shape index (κ1) is 31.5. The number of aromatic nitrogens is 2. The highest BCUT2D eigenvalue weighted by molar-refractivity contribution is 6.30. The molecule has 0 aliphatic rings. The molecule has 9 nitrogen and oxygen atoms in total. The third kappa shape index (κ3) is 8.85. The smallest absolute Gasteiger partial charge is 0.160 e. The number of hydrogen-bond donors (Lipinski definition) is 3. The van der Waals surface area contributed by atoms with Crippen LogP contribution in [-0.2, 0) is 16.5 Å². The average molecular weight is 525 g/mol. The first-order chi connectivity index (χ1) is 17.2. The first-order valence-electron chi connectivity index (χ1n) is 11.6. The van der Waals surface area contributed by atoms with Crippen LogP contribution in [0.25, 0.3) is 10.9 Å². The molecule has 3 rings (SSSR count). The lowest BCUT2D eigenvalue weighted by Gasteiger charge is -2.15. The van der Waals surface area contributed by atoms with Gasteiger partial charge in [-0.15, -0.1) is 0 Å². The van der Waals surface area contributed by atoms with Crippen molar-refractivity contribution in [3.8, 4) is 5.75 Å². The van der Waals surface area contributed by atoms with Gasteiger partial charge < -0.3 is 34.1 Å². The molecule has 0 bridgehead atoms. The van der Waals surface area contributed by atoms with E-state index in [1.165, 1.54) is 13.1 Å². The van der Waals surface area contributed by atoms with Gasteiger partial charge in [0, 0.05) is 60.2 Å². The Hall–Kier alpha value is -2.53. The van der Waals surface area contributed by atoms with Gasteiger partial charge in [-0.3, -0.25) is 4.79 Å². The number of carbonyl (C=O) groups is 1. The van der Waals surface area contributed by atoms with E-state index < -0.39 is 6.10 Å². The summed E-state index contributed by atoms with van der Waals surface area (Å²) in [5, 5.41) is 27.1. The summed E-state index contributed by atoms with van der Waals surface area (Å²) in [6.45, 7) is 8.44. The van der Waals surface area contributed by atoms with Crippen LogP contribution in [0.4, 0.5) is 0 Å². The van der Waals surface area contributed by atoms with Gasteiger partial charge in [-0.05, 0) is 52.0 Å². The number of Topliss-reactive ketones (excluding diaryl/α,β-unsaturated/α-hetero) is 1. The van der Waals surface area contributed by atoms with Crippen LogP contribution in [0.1, 0.15) is 55.3 Å². The van der Waals surface area contributed by atoms with Crippen molar-refractivity contribution in [3.05, 3.63) is 58.5 Å². The van der Waals surface area contributed by atoms with Crippen molar-refractivity contribution in [2.24, 2.45) is 7.05 Å². The first-order valence-corrected chi connectivity index (χ1v) is 12.0. The van der Waals surface area contributed by atoms with Gasteiger partial charge in [0.15, 0.2) is 12.1 Å². The van der Waals surface area contributed by atoms with Crippen LogP contribution in [-0.4, -0.2) is 70.5 Å². The maximum absolute atomic E-state index is 11.9. The molecule has 0 aliphatic carbocycles. The molecule has 0 aliphatic heterocycles. The maximum atomic E-state index is 11.9. The molecule has 200 valence electrons. The summed E-state index contributed by atoms with van der Waals surface area (Å²) in [6.07, 6.45) is 2.18. The molecule has 0 radical (unpaired) electrons. The summed E-state index contributed by atoms with van der Waals surface area (Å²) >= 11 is 6.18. The molecule has 2 heterocycles. The van der Waals surface area contributed by atoms with E-state index in [9.17, 15) is 9.90 Å². The second-order valence-electron chi connectivity index (χ2n) is 7.53. The third-order valence-corrected chi connectivity index (χ3v) is 5.32. The van der Waals surface area contributed by atoms with Crippen molar-refractivity contribution in [3.63, 3.8) is 0 Å². The van der Waals surface area contributed by atoms with Gasteiger partial charge in [0.1, 0.15) is 17.0 Å². The standard InChI is InChI=1S/C18H17ClN2O3.C6H14O2.C2H6O2/c1-10(22)12-6-7-20-18(19)16(12)17(23)14-9-21(2)15-5-4-11(24-3)8-13(14)15;1-4-7-6(3)8-5-2;3-1-2-4/h4-9,17,23H,1-3H3;6H,4-5H2,1-3H3;3-4H,1-2H2. The molecule has 2 aromatic heterocycles. The molecule has 0 fully saturated rings. The number of fused-ring (bicyclic) bond motifs is 1. The van der Waals surface area contributed by atoms with Crippen molar-refractivity contribution in [2.75, 3.05) is 33.5 Å². The van der Waals surface area contributed by atoms with Gasteiger partial charge in [-0.25, -0.2) is 4.98 Å². The van der Waals surface area contributed by atoms with E-state index in [-0.39, 0.29) is 30.4 Å². The molecule has 1 atom stereocenters. The van der Waals surface area contributed by atoms with Crippen LogP contribution in [0.15, 0.2) is 36.7 Å². The van der Waals surface area contributed by atoms with Crippen LogP contribution in [0.3, 0.4) is 0 Å². The Kier molecular flexibility index (Phi) is 14.2. The molecular formula is C26H37ClN2O7. The number of benzene rings is 1. The molecule has 36 heavy (non-hydrogen) atoms. The summed E-state index contributed by atoms with van der Waals surface area (Å²) in [5.74, 6) is 0.511. The fraction of sp³-hybridized carbons (Fsp3) is 0.462. The van der Waals surface area contributed by atoms with Gasteiger partial charge in [0.2, 0.25) is 0 Å². The summed E-state index contributed by atoms with van der Waals surface area (Å²) < 4.78 is 17.3. The van der Waals surface area contributed by atoms with Crippen LogP contribution in [0.5, 0.6) is 5.75 Å². The number of methoxy groups -OCH3 is 1. The molecule has 0 saturated carbocycles.